The summed E-state index contributed by atoms with van der Waals surface area (Å²) >= 11 is 0. The number of para-hydroxylation sites is 3. The first kappa shape index (κ1) is 66.3. The zero-order chi connectivity index (χ0) is 65.5. The minimum atomic E-state index is -0.507. The van der Waals surface area contributed by atoms with E-state index in [1.165, 1.54) is 27.9 Å². The molecule has 9 aromatic rings. The molecule has 3 aliphatic rings. The number of hydrogen-bond acceptors (Lipinski definition) is 19. The lowest BCUT2D eigenvalue weighted by molar-refractivity contribution is -0.138. The second-order valence-corrected chi connectivity index (χ2v) is 20.9. The molecule has 6 heterocycles. The van der Waals surface area contributed by atoms with Gasteiger partial charge in [-0.05, 0) is 111 Å². The summed E-state index contributed by atoms with van der Waals surface area (Å²) in [6.07, 6.45) is 10.1. The van der Waals surface area contributed by atoms with Gasteiger partial charge in [-0.15, -0.1) is 0 Å². The van der Waals surface area contributed by atoms with E-state index in [0.717, 1.165) is 133 Å². The highest BCUT2D eigenvalue weighted by atomic mass is 16.5. The van der Waals surface area contributed by atoms with Crippen LogP contribution in [0.25, 0.3) is 34.2 Å². The van der Waals surface area contributed by atoms with Gasteiger partial charge in [0.05, 0.1) is 41.3 Å². The second kappa shape index (κ2) is 29.9. The molecule has 0 radical (unpaired) electrons. The Morgan fingerprint density at radius 1 is 0.456 bits per heavy atom. The van der Waals surface area contributed by atoms with E-state index >= 15 is 0 Å². The van der Waals surface area contributed by atoms with Gasteiger partial charge in [0.2, 0.25) is 29.7 Å². The Morgan fingerprint density at radius 2 is 0.722 bits per heavy atom. The number of benzene rings is 3. The number of carbonyl (C=O) groups excluding carboxylic acids is 6. The van der Waals surface area contributed by atoms with Crippen LogP contribution in [0.1, 0.15) is 102 Å². The van der Waals surface area contributed by atoms with Crippen molar-refractivity contribution in [3.8, 4) is 34.2 Å². The number of nitrogens with one attached hydrogen (secondary N) is 5. The van der Waals surface area contributed by atoms with E-state index in [1.807, 2.05) is 126 Å². The topological polar surface area (TPSA) is 381 Å². The maximum absolute atomic E-state index is 12.1. The van der Waals surface area contributed by atoms with E-state index in [1.54, 1.807) is 35.2 Å². The molecule has 0 atom stereocenters. The van der Waals surface area contributed by atoms with Crippen molar-refractivity contribution < 1.29 is 33.5 Å². The zero-order valence-electron chi connectivity index (χ0n) is 52.4. The number of nitrogens with zero attached hydrogens (tertiary/aromatic N) is 12. The van der Waals surface area contributed by atoms with E-state index in [9.17, 15) is 28.8 Å². The quantitative estimate of drug-likeness (QED) is 0.0761. The standard InChI is InChI=1S/2C19H20N6O.C18H18N6O.C3H6O2.2C2H5NO/c2*1-11-6-4-5-7-14(11)22-19-21-10-12-8-9-13-16(18(26)20-2)24-25(3)17(13)15(12)23-19;1-10-5-3-4-6-13(10)21-18-20-9-11-7-8-12-15(17(19)25)23-24(2)16(12)14(11)22-18;1-3(4)5-2;2*1-2(3)4/h2*4-7,10H,8-9H2,1-3H3,(H,20,26)(H,21,22,23);3-6,9H,7-8H2,1-2H3,(H2,19,25)(H,20,21,22);1-2H3;2*1H3,(H2,3,4). The van der Waals surface area contributed by atoms with Crippen LogP contribution in [0.15, 0.2) is 91.4 Å². The zero-order valence-corrected chi connectivity index (χ0v) is 52.4. The summed E-state index contributed by atoms with van der Waals surface area (Å²) in [5.74, 6) is -0.169. The first-order valence-corrected chi connectivity index (χ1v) is 28.5. The highest BCUT2D eigenvalue weighted by Crippen LogP contribution is 2.37. The van der Waals surface area contributed by atoms with Crippen LogP contribution < -0.4 is 43.8 Å². The van der Waals surface area contributed by atoms with Crippen LogP contribution in [0.2, 0.25) is 0 Å². The van der Waals surface area contributed by atoms with Crippen LogP contribution in [0.3, 0.4) is 0 Å². The van der Waals surface area contributed by atoms with Crippen LogP contribution in [0.4, 0.5) is 34.9 Å². The van der Waals surface area contributed by atoms with Crippen molar-refractivity contribution in [2.24, 2.45) is 38.3 Å². The highest BCUT2D eigenvalue weighted by Gasteiger charge is 2.31. The molecule has 0 unspecified atom stereocenters. The molecule has 3 aromatic carbocycles. The number of fused-ring (bicyclic) bond motifs is 9. The van der Waals surface area contributed by atoms with Crippen molar-refractivity contribution in [2.75, 3.05) is 37.2 Å². The third kappa shape index (κ3) is 16.0. The molecular weight excluding hydrogens is 1150 g/mol. The van der Waals surface area contributed by atoms with Gasteiger partial charge in [0, 0.05) is 108 Å². The fourth-order valence-corrected chi connectivity index (χ4v) is 9.95. The molecule has 27 heteroatoms. The van der Waals surface area contributed by atoms with Crippen LogP contribution >= 0.6 is 0 Å². The predicted octanol–water partition coefficient (Wildman–Crippen LogP) is 6.06. The first-order valence-electron chi connectivity index (χ1n) is 28.5. The molecule has 27 nitrogen and oxygen atoms in total. The van der Waals surface area contributed by atoms with E-state index in [4.69, 9.17) is 15.7 Å². The minimum absolute atomic E-state index is 0.169. The van der Waals surface area contributed by atoms with Gasteiger partial charge in [0.15, 0.2) is 17.1 Å². The van der Waals surface area contributed by atoms with Crippen LogP contribution in [0.5, 0.6) is 0 Å². The Labute approximate surface area is 520 Å². The smallest absolute Gasteiger partial charge is 0.302 e. The Hall–Kier alpha value is -11.3. The average Bonchev–Trinajstić information content (AvgIpc) is 1.60. The molecule has 0 saturated heterocycles. The van der Waals surface area contributed by atoms with Crippen molar-refractivity contribution in [1.29, 1.82) is 0 Å². The SMILES string of the molecule is CC(N)=O.CC(N)=O.CNC(=O)c1nn(C)c2c1CCc1cnc(Nc3ccccc3C)nc1-2.CNC(=O)c1nn(C)c2c1CCc1cnc(Nc3ccccc3C)nc1-2.COC(C)=O.Cc1ccccc1Nc1ncc2c(n1)-c1c(c(C(N)=O)nn1C)CC2. The fraction of sp³-hybridized carbons (Fsp3) is 0.286. The summed E-state index contributed by atoms with van der Waals surface area (Å²) in [5, 5.41) is 28.2. The summed E-state index contributed by atoms with van der Waals surface area (Å²) < 4.78 is 9.27. The van der Waals surface area contributed by atoms with Gasteiger partial charge < -0.3 is 48.5 Å². The molecule has 0 aliphatic heterocycles. The third-order valence-electron chi connectivity index (χ3n) is 14.2. The average molecular weight is 1220 g/mol. The van der Waals surface area contributed by atoms with Gasteiger partial charge in [0.25, 0.3) is 17.7 Å². The number of methoxy groups -OCH3 is 1. The molecule has 3 aliphatic carbocycles. The molecule has 468 valence electrons. The largest absolute Gasteiger partial charge is 0.469 e. The molecule has 0 fully saturated rings. The Kier molecular flexibility index (Phi) is 22.0. The number of nitrogens with two attached hydrogens (primary N) is 3. The maximum Gasteiger partial charge on any atom is 0.302 e. The monoisotopic (exact) mass is 1220 g/mol. The number of hydrogen-bond donors (Lipinski definition) is 8. The highest BCUT2D eigenvalue weighted by molar-refractivity contribution is 5.97. The molecule has 11 N–H and O–H groups in total. The Bertz CT molecular complexity index is 3970. The normalized spacial score (nSPS) is 11.5. The van der Waals surface area contributed by atoms with Crippen LogP contribution in [-0.4, -0.2) is 116 Å². The minimum Gasteiger partial charge on any atom is -0.469 e. The first-order chi connectivity index (χ1) is 42.9. The molecular formula is C63H74N20O7. The van der Waals surface area contributed by atoms with Gasteiger partial charge in [-0.3, -0.25) is 42.8 Å². The molecule has 0 saturated carbocycles. The number of aromatic nitrogens is 12. The summed E-state index contributed by atoms with van der Waals surface area (Å²) in [6, 6.07) is 24.0. The van der Waals surface area contributed by atoms with Crippen molar-refractivity contribution in [3.63, 3.8) is 0 Å². The van der Waals surface area contributed by atoms with Crippen LogP contribution in [-0.2, 0) is 78.8 Å². The van der Waals surface area contributed by atoms with Gasteiger partial charge in [0.1, 0.15) is 0 Å². The van der Waals surface area contributed by atoms with Crippen molar-refractivity contribution >= 4 is 70.4 Å². The number of carbonyl (C=O) groups is 6. The lowest BCUT2D eigenvalue weighted by atomic mass is 9.93. The third-order valence-corrected chi connectivity index (χ3v) is 14.2. The number of ether oxygens (including phenoxy) is 1. The molecule has 12 rings (SSSR count). The predicted molar refractivity (Wildman–Crippen MR) is 341 cm³/mol. The van der Waals surface area contributed by atoms with Gasteiger partial charge in [-0.25, -0.2) is 29.9 Å². The van der Waals surface area contributed by atoms with Gasteiger partial charge in [-0.1, -0.05) is 54.6 Å². The van der Waals surface area contributed by atoms with Gasteiger partial charge in [-0.2, -0.15) is 15.3 Å². The Balaban J connectivity index is 0.000000174. The number of esters is 1. The van der Waals surface area contributed by atoms with E-state index in [0.29, 0.717) is 41.3 Å². The molecule has 90 heavy (non-hydrogen) atoms. The fourth-order valence-electron chi connectivity index (χ4n) is 9.95. The molecule has 5 amide bonds. The number of anilines is 6. The number of amides is 5. The van der Waals surface area contributed by atoms with Crippen LogP contribution in [0, 0.1) is 20.8 Å². The van der Waals surface area contributed by atoms with Crippen molar-refractivity contribution in [3.05, 3.63) is 159 Å². The summed E-state index contributed by atoms with van der Waals surface area (Å²) in [7, 11) is 10.1. The molecule has 6 aromatic heterocycles. The van der Waals surface area contributed by atoms with E-state index in [2.05, 4.69) is 78.0 Å². The Morgan fingerprint density at radius 3 is 0.978 bits per heavy atom. The van der Waals surface area contributed by atoms with Gasteiger partial charge >= 0.3 is 5.97 Å². The number of aryl methyl sites for hydroxylation is 9. The number of primary amides is 3. The summed E-state index contributed by atoms with van der Waals surface area (Å²) in [4.78, 5) is 91.4. The lowest BCUT2D eigenvalue weighted by Gasteiger charge is -2.17. The maximum atomic E-state index is 12.1. The van der Waals surface area contributed by atoms with Crippen molar-refractivity contribution in [2.45, 2.75) is 80.1 Å². The summed E-state index contributed by atoms with van der Waals surface area (Å²) in [6.45, 7) is 10.1. The van der Waals surface area contributed by atoms with E-state index in [-0.39, 0.29) is 29.6 Å². The molecule has 0 bridgehead atoms. The summed E-state index contributed by atoms with van der Waals surface area (Å²) in [5.41, 5.74) is 33.0. The van der Waals surface area contributed by atoms with Crippen molar-refractivity contribution in [1.82, 2.24) is 69.9 Å². The number of rotatable bonds is 9. The second-order valence-electron chi connectivity index (χ2n) is 20.9. The van der Waals surface area contributed by atoms with E-state index < -0.39 is 5.91 Å². The molecule has 0 spiro atoms. The lowest BCUT2D eigenvalue weighted by Crippen LogP contribution is -2.20.